The molecule has 3 aromatic rings. The SMILES string of the molecule is CC(=O)Oc1c(NC(=O)c2ccccc2)oc(-c2cccs2)c1O. The minimum absolute atomic E-state index is 0.125. The van der Waals surface area contributed by atoms with Crippen molar-refractivity contribution in [2.24, 2.45) is 0 Å². The molecule has 7 heteroatoms. The average molecular weight is 343 g/mol. The molecule has 6 nitrogen and oxygen atoms in total. The zero-order valence-electron chi connectivity index (χ0n) is 12.6. The van der Waals surface area contributed by atoms with Gasteiger partial charge in [-0.05, 0) is 23.6 Å². The zero-order valence-corrected chi connectivity index (χ0v) is 13.4. The fraction of sp³-hybridized carbons (Fsp3) is 0.0588. The van der Waals surface area contributed by atoms with Crippen LogP contribution in [0.15, 0.2) is 52.3 Å². The Balaban J connectivity index is 1.98. The summed E-state index contributed by atoms with van der Waals surface area (Å²) in [6.07, 6.45) is 0. The molecule has 1 aromatic carbocycles. The third-order valence-electron chi connectivity index (χ3n) is 3.09. The molecule has 2 N–H and O–H groups in total. The summed E-state index contributed by atoms with van der Waals surface area (Å²) in [6, 6.07) is 12.0. The van der Waals surface area contributed by atoms with Gasteiger partial charge in [-0.2, -0.15) is 0 Å². The highest BCUT2D eigenvalue weighted by Gasteiger charge is 2.26. The molecule has 0 aliphatic rings. The van der Waals surface area contributed by atoms with Gasteiger partial charge in [-0.25, -0.2) is 0 Å². The van der Waals surface area contributed by atoms with E-state index < -0.39 is 11.9 Å². The van der Waals surface area contributed by atoms with E-state index in [1.54, 1.807) is 42.5 Å². The summed E-state index contributed by atoms with van der Waals surface area (Å²) < 4.78 is 10.5. The monoisotopic (exact) mass is 343 g/mol. The maximum absolute atomic E-state index is 12.3. The lowest BCUT2D eigenvalue weighted by Crippen LogP contribution is -2.12. The van der Waals surface area contributed by atoms with Gasteiger partial charge in [-0.1, -0.05) is 24.3 Å². The topological polar surface area (TPSA) is 88.8 Å². The number of esters is 1. The summed E-state index contributed by atoms with van der Waals surface area (Å²) >= 11 is 1.34. The van der Waals surface area contributed by atoms with Crippen LogP contribution < -0.4 is 10.1 Å². The maximum Gasteiger partial charge on any atom is 0.308 e. The molecule has 3 rings (SSSR count). The smallest absolute Gasteiger partial charge is 0.308 e. The Morgan fingerprint density at radius 2 is 1.92 bits per heavy atom. The number of carbonyl (C=O) groups is 2. The number of furan rings is 1. The number of thiophene rings is 1. The Morgan fingerprint density at radius 3 is 2.54 bits per heavy atom. The van der Waals surface area contributed by atoms with Crippen LogP contribution in [0.1, 0.15) is 17.3 Å². The molecule has 2 heterocycles. The van der Waals surface area contributed by atoms with E-state index in [2.05, 4.69) is 5.32 Å². The van der Waals surface area contributed by atoms with Crippen LogP contribution in [-0.4, -0.2) is 17.0 Å². The number of aromatic hydroxyl groups is 1. The molecule has 0 radical (unpaired) electrons. The second kappa shape index (κ2) is 6.59. The number of ether oxygens (including phenoxy) is 1. The van der Waals surface area contributed by atoms with Gasteiger partial charge in [0.25, 0.3) is 5.91 Å². The molecule has 0 spiro atoms. The minimum atomic E-state index is -0.640. The number of nitrogens with one attached hydrogen (secondary N) is 1. The molecule has 0 aliphatic carbocycles. The Hall–Kier alpha value is -3.06. The summed E-state index contributed by atoms with van der Waals surface area (Å²) in [5.74, 6) is -1.63. The number of anilines is 1. The molecular formula is C17H13NO5S. The number of benzene rings is 1. The van der Waals surface area contributed by atoms with Crippen molar-refractivity contribution in [1.29, 1.82) is 0 Å². The highest BCUT2D eigenvalue weighted by molar-refractivity contribution is 7.13. The van der Waals surface area contributed by atoms with Crippen molar-refractivity contribution in [3.8, 4) is 22.1 Å². The predicted octanol–water partition coefficient (Wildman–Crippen LogP) is 3.89. The largest absolute Gasteiger partial charge is 0.501 e. The minimum Gasteiger partial charge on any atom is -0.501 e. The molecule has 0 saturated heterocycles. The highest BCUT2D eigenvalue weighted by Crippen LogP contribution is 2.47. The number of amides is 1. The molecule has 1 amide bonds. The molecule has 0 fully saturated rings. The van der Waals surface area contributed by atoms with Gasteiger partial charge in [0, 0.05) is 12.5 Å². The predicted molar refractivity (Wildman–Crippen MR) is 89.4 cm³/mol. The molecule has 0 atom stereocenters. The van der Waals surface area contributed by atoms with E-state index in [0.29, 0.717) is 10.4 Å². The van der Waals surface area contributed by atoms with E-state index in [1.165, 1.54) is 18.3 Å². The van der Waals surface area contributed by atoms with Crippen LogP contribution in [0.2, 0.25) is 0 Å². The summed E-state index contributed by atoms with van der Waals surface area (Å²) in [7, 11) is 0. The standard InChI is InChI=1S/C17H13NO5S/c1-10(19)22-15-13(20)14(12-8-5-9-24-12)23-17(15)18-16(21)11-6-3-2-4-7-11/h2-9,20H,1H3,(H,18,21). The number of hydrogen-bond donors (Lipinski definition) is 2. The van der Waals surface area contributed by atoms with E-state index in [4.69, 9.17) is 9.15 Å². The fourth-order valence-corrected chi connectivity index (χ4v) is 2.77. The van der Waals surface area contributed by atoms with Gasteiger partial charge < -0.3 is 14.3 Å². The van der Waals surface area contributed by atoms with Crippen molar-refractivity contribution in [3.05, 3.63) is 53.4 Å². The summed E-state index contributed by atoms with van der Waals surface area (Å²) in [5.41, 5.74) is 0.403. The van der Waals surface area contributed by atoms with Crippen molar-refractivity contribution in [2.75, 3.05) is 5.32 Å². The van der Waals surface area contributed by atoms with Crippen LogP contribution in [0, 0.1) is 0 Å². The first-order chi connectivity index (χ1) is 11.6. The summed E-state index contributed by atoms with van der Waals surface area (Å²) in [4.78, 5) is 24.2. The lowest BCUT2D eigenvalue weighted by molar-refractivity contribution is -0.132. The lowest BCUT2D eigenvalue weighted by atomic mass is 10.2. The summed E-state index contributed by atoms with van der Waals surface area (Å²) in [6.45, 7) is 1.19. The molecule has 122 valence electrons. The van der Waals surface area contributed by atoms with Gasteiger partial charge in [-0.3, -0.25) is 14.9 Å². The quantitative estimate of drug-likeness (QED) is 0.702. The van der Waals surface area contributed by atoms with Crippen molar-refractivity contribution in [3.63, 3.8) is 0 Å². The van der Waals surface area contributed by atoms with Crippen LogP contribution in [-0.2, 0) is 4.79 Å². The van der Waals surface area contributed by atoms with Crippen molar-refractivity contribution in [2.45, 2.75) is 6.92 Å². The Kier molecular flexibility index (Phi) is 4.35. The van der Waals surface area contributed by atoms with Gasteiger partial charge in [0.1, 0.15) is 0 Å². The van der Waals surface area contributed by atoms with E-state index >= 15 is 0 Å². The van der Waals surface area contributed by atoms with Gasteiger partial charge >= 0.3 is 5.97 Å². The van der Waals surface area contributed by atoms with Crippen LogP contribution in [0.4, 0.5) is 5.88 Å². The van der Waals surface area contributed by atoms with Gasteiger partial charge in [0.2, 0.25) is 17.4 Å². The fourth-order valence-electron chi connectivity index (χ4n) is 2.07. The first-order valence-electron chi connectivity index (χ1n) is 7.00. The molecule has 2 aromatic heterocycles. The van der Waals surface area contributed by atoms with Crippen molar-refractivity contribution >= 4 is 29.1 Å². The van der Waals surface area contributed by atoms with Crippen LogP contribution in [0.5, 0.6) is 11.5 Å². The normalized spacial score (nSPS) is 10.4. The second-order valence-corrected chi connectivity index (χ2v) is 5.78. The lowest BCUT2D eigenvalue weighted by Gasteiger charge is -2.04. The third-order valence-corrected chi connectivity index (χ3v) is 3.96. The van der Waals surface area contributed by atoms with Crippen molar-refractivity contribution < 1.29 is 23.8 Å². The van der Waals surface area contributed by atoms with Crippen LogP contribution in [0.3, 0.4) is 0 Å². The molecule has 0 bridgehead atoms. The Labute approximate surface area is 141 Å². The van der Waals surface area contributed by atoms with E-state index in [0.717, 1.165) is 0 Å². The first kappa shape index (κ1) is 15.8. The highest BCUT2D eigenvalue weighted by atomic mass is 32.1. The maximum atomic E-state index is 12.3. The third kappa shape index (κ3) is 3.16. The first-order valence-corrected chi connectivity index (χ1v) is 7.88. The average Bonchev–Trinajstić information content (AvgIpc) is 3.19. The number of hydrogen-bond acceptors (Lipinski definition) is 6. The van der Waals surface area contributed by atoms with Crippen molar-refractivity contribution in [1.82, 2.24) is 0 Å². The summed E-state index contributed by atoms with van der Waals surface area (Å²) in [5, 5.41) is 14.6. The van der Waals surface area contributed by atoms with Gasteiger partial charge in [0.05, 0.1) is 4.88 Å². The molecule has 24 heavy (non-hydrogen) atoms. The van der Waals surface area contributed by atoms with Gasteiger partial charge in [-0.15, -0.1) is 11.3 Å². The second-order valence-electron chi connectivity index (χ2n) is 4.83. The van der Waals surface area contributed by atoms with E-state index in [-0.39, 0.29) is 23.1 Å². The molecular weight excluding hydrogens is 330 g/mol. The number of carbonyl (C=O) groups excluding carboxylic acids is 2. The van der Waals surface area contributed by atoms with E-state index in [1.807, 2.05) is 5.38 Å². The molecule has 0 unspecified atom stereocenters. The van der Waals surface area contributed by atoms with E-state index in [9.17, 15) is 14.7 Å². The Bertz CT molecular complexity index is 868. The van der Waals surface area contributed by atoms with Gasteiger partial charge in [0.15, 0.2) is 5.76 Å². The number of rotatable bonds is 4. The van der Waals surface area contributed by atoms with Crippen LogP contribution >= 0.6 is 11.3 Å². The molecule has 0 saturated carbocycles. The zero-order chi connectivity index (χ0) is 17.1. The Morgan fingerprint density at radius 1 is 1.17 bits per heavy atom. The molecule has 0 aliphatic heterocycles. The van der Waals surface area contributed by atoms with Crippen LogP contribution in [0.25, 0.3) is 10.6 Å².